The Bertz CT molecular complexity index is 1180. The predicted molar refractivity (Wildman–Crippen MR) is 236 cm³/mol. The number of hydrogen-bond donors (Lipinski definition) is 3. The molecule has 0 aromatic rings. The summed E-state index contributed by atoms with van der Waals surface area (Å²) in [6.45, 7) is 3.81. The summed E-state index contributed by atoms with van der Waals surface area (Å²) in [6, 6.07) is -1.41. The van der Waals surface area contributed by atoms with Crippen LogP contribution in [0.2, 0.25) is 0 Å². The molecule has 0 aliphatic rings. The molecule has 0 aliphatic carbocycles. The zero-order valence-corrected chi connectivity index (χ0v) is 37.6. The molecule has 12 nitrogen and oxygen atoms in total. The molecule has 60 heavy (non-hydrogen) atoms. The summed E-state index contributed by atoms with van der Waals surface area (Å²) in [4.78, 5) is 72.1. The summed E-state index contributed by atoms with van der Waals surface area (Å²) in [5.74, 6) is -5.04. The zero-order valence-electron chi connectivity index (χ0n) is 37.6. The van der Waals surface area contributed by atoms with Crippen LogP contribution in [0.15, 0.2) is 24.3 Å². The summed E-state index contributed by atoms with van der Waals surface area (Å²) in [5, 5.41) is 20.3. The van der Waals surface area contributed by atoms with Gasteiger partial charge in [0.2, 0.25) is 5.91 Å². The minimum Gasteiger partial charge on any atom is -0.481 e. The second-order valence-electron chi connectivity index (χ2n) is 16.0. The van der Waals surface area contributed by atoms with Gasteiger partial charge in [-0.1, -0.05) is 141 Å². The molecule has 0 aromatic heterocycles. The molecule has 1 amide bonds. The Balaban J connectivity index is 4.61. The van der Waals surface area contributed by atoms with Crippen LogP contribution in [-0.4, -0.2) is 71.3 Å². The molecule has 3 N–H and O–H groups in total. The van der Waals surface area contributed by atoms with E-state index in [0.29, 0.717) is 12.8 Å². The summed E-state index contributed by atoms with van der Waals surface area (Å²) in [7, 11) is 0. The normalized spacial score (nSPS) is 12.4. The van der Waals surface area contributed by atoms with Crippen molar-refractivity contribution in [3.05, 3.63) is 24.3 Å². The first-order valence-corrected chi connectivity index (χ1v) is 23.6. The SMILES string of the molecule is CCCCCCCC/C=C\CCCCCCCC(=O)OC[C@@H](COC(=O)CCC(=O)NC(CCC(=O)O)C(=O)O)OC(=O)CCCCCCC/C=C\CCCCCCCC. The third-order valence-corrected chi connectivity index (χ3v) is 10.3. The Kier molecular flexibility index (Phi) is 39.4. The molecule has 0 aromatic carbocycles. The van der Waals surface area contributed by atoms with Gasteiger partial charge in [-0.2, -0.15) is 0 Å². The number of aliphatic carboxylic acids is 2. The van der Waals surface area contributed by atoms with Crippen LogP contribution in [0.5, 0.6) is 0 Å². The van der Waals surface area contributed by atoms with E-state index in [1.807, 2.05) is 0 Å². The molecule has 0 bridgehead atoms. The summed E-state index contributed by atoms with van der Waals surface area (Å²) in [5.41, 5.74) is 0. The Labute approximate surface area is 362 Å². The van der Waals surface area contributed by atoms with E-state index in [4.69, 9.17) is 19.3 Å². The molecule has 0 fully saturated rings. The third kappa shape index (κ3) is 39.7. The van der Waals surface area contributed by atoms with E-state index in [1.165, 1.54) is 77.0 Å². The Morgan fingerprint density at radius 3 is 1.27 bits per heavy atom. The van der Waals surface area contributed by atoms with Crippen LogP contribution in [-0.2, 0) is 43.0 Å². The summed E-state index contributed by atoms with van der Waals surface area (Å²) >= 11 is 0. The van der Waals surface area contributed by atoms with Crippen molar-refractivity contribution in [1.29, 1.82) is 0 Å². The molecule has 0 aliphatic heterocycles. The number of carboxylic acid groups (broad SMARTS) is 2. The predicted octanol–water partition coefficient (Wildman–Crippen LogP) is 11.3. The number of ether oxygens (including phenoxy) is 3. The van der Waals surface area contributed by atoms with Crippen LogP contribution in [0.3, 0.4) is 0 Å². The van der Waals surface area contributed by atoms with E-state index in [9.17, 15) is 33.9 Å². The van der Waals surface area contributed by atoms with Crippen molar-refractivity contribution in [2.24, 2.45) is 0 Å². The van der Waals surface area contributed by atoms with Gasteiger partial charge in [0, 0.05) is 25.7 Å². The minimum atomic E-state index is -1.41. The van der Waals surface area contributed by atoms with Crippen molar-refractivity contribution in [1.82, 2.24) is 5.32 Å². The number of esters is 3. The van der Waals surface area contributed by atoms with Gasteiger partial charge in [0.25, 0.3) is 0 Å². The van der Waals surface area contributed by atoms with Gasteiger partial charge in [-0.15, -0.1) is 0 Å². The van der Waals surface area contributed by atoms with Gasteiger partial charge >= 0.3 is 29.8 Å². The maximum Gasteiger partial charge on any atom is 0.326 e. The topological polar surface area (TPSA) is 183 Å². The molecule has 1 unspecified atom stereocenters. The van der Waals surface area contributed by atoms with Gasteiger partial charge in [-0.05, 0) is 70.6 Å². The molecular formula is C48H83NO11. The van der Waals surface area contributed by atoms with E-state index in [-0.39, 0.29) is 45.3 Å². The van der Waals surface area contributed by atoms with Crippen molar-refractivity contribution in [2.45, 2.75) is 231 Å². The van der Waals surface area contributed by atoms with E-state index >= 15 is 0 Å². The van der Waals surface area contributed by atoms with Crippen LogP contribution in [0.25, 0.3) is 0 Å². The number of carboxylic acids is 2. The first-order valence-electron chi connectivity index (χ1n) is 23.6. The van der Waals surface area contributed by atoms with E-state index in [2.05, 4.69) is 43.5 Å². The minimum absolute atomic E-state index is 0.179. The number of rotatable bonds is 43. The van der Waals surface area contributed by atoms with Crippen LogP contribution in [0, 0.1) is 0 Å². The number of unbranched alkanes of at least 4 members (excludes halogenated alkanes) is 22. The highest BCUT2D eigenvalue weighted by molar-refractivity contribution is 5.86. The number of allylic oxidation sites excluding steroid dienone is 4. The van der Waals surface area contributed by atoms with Gasteiger partial charge in [-0.25, -0.2) is 4.79 Å². The van der Waals surface area contributed by atoms with Crippen LogP contribution >= 0.6 is 0 Å². The molecule has 2 atom stereocenters. The second-order valence-corrected chi connectivity index (χ2v) is 16.0. The molecule has 0 saturated heterocycles. The van der Waals surface area contributed by atoms with Gasteiger partial charge < -0.3 is 29.7 Å². The average molecular weight is 850 g/mol. The summed E-state index contributed by atoms with van der Waals surface area (Å²) < 4.78 is 16.2. The number of carbonyl (C=O) groups is 6. The van der Waals surface area contributed by atoms with Gasteiger partial charge in [0.05, 0.1) is 6.42 Å². The van der Waals surface area contributed by atoms with Gasteiger partial charge in [-0.3, -0.25) is 24.0 Å². The zero-order chi connectivity index (χ0) is 44.3. The van der Waals surface area contributed by atoms with Crippen molar-refractivity contribution in [3.63, 3.8) is 0 Å². The lowest BCUT2D eigenvalue weighted by atomic mass is 10.1. The number of carbonyl (C=O) groups excluding carboxylic acids is 4. The fourth-order valence-electron chi connectivity index (χ4n) is 6.56. The standard InChI is InChI=1S/C48H83NO11/c1-3-5-7-9-11-13-15-17-19-21-23-25-27-29-31-33-45(53)58-39-41(40-59-46(54)38-36-43(50)49-42(48(56)57)35-37-44(51)52)60-47(55)34-32-30-28-26-24-22-20-18-16-14-12-10-8-6-4-2/h17-20,41-42H,3-16,21-40H2,1-2H3,(H,49,50)(H,51,52)(H,56,57)/b19-17-,20-18-/t41-,42?/m0/s1. The maximum absolute atomic E-state index is 12.7. The van der Waals surface area contributed by atoms with Gasteiger partial charge in [0.1, 0.15) is 19.3 Å². The van der Waals surface area contributed by atoms with Crippen molar-refractivity contribution in [3.8, 4) is 0 Å². The Hall–Kier alpha value is -3.70. The van der Waals surface area contributed by atoms with E-state index in [0.717, 1.165) is 77.0 Å². The molecule has 0 radical (unpaired) electrons. The monoisotopic (exact) mass is 850 g/mol. The lowest BCUT2D eigenvalue weighted by Gasteiger charge is -2.18. The van der Waals surface area contributed by atoms with Crippen molar-refractivity contribution in [2.75, 3.05) is 13.2 Å². The first kappa shape index (κ1) is 56.3. The Morgan fingerprint density at radius 1 is 0.467 bits per heavy atom. The molecular weight excluding hydrogens is 767 g/mol. The largest absolute Gasteiger partial charge is 0.481 e. The third-order valence-electron chi connectivity index (χ3n) is 10.3. The lowest BCUT2D eigenvalue weighted by Crippen LogP contribution is -2.41. The molecule has 346 valence electrons. The van der Waals surface area contributed by atoms with E-state index in [1.54, 1.807) is 0 Å². The van der Waals surface area contributed by atoms with E-state index < -0.39 is 54.3 Å². The molecule has 0 saturated carbocycles. The molecule has 0 rings (SSSR count). The second kappa shape index (κ2) is 42.0. The van der Waals surface area contributed by atoms with Crippen LogP contribution < -0.4 is 5.32 Å². The number of hydrogen-bond acceptors (Lipinski definition) is 9. The number of amides is 1. The first-order chi connectivity index (χ1) is 29.1. The molecule has 0 heterocycles. The fraction of sp³-hybridized carbons (Fsp3) is 0.792. The highest BCUT2D eigenvalue weighted by Gasteiger charge is 2.23. The number of nitrogens with one attached hydrogen (secondary N) is 1. The summed E-state index contributed by atoms with van der Waals surface area (Å²) in [6.07, 6.45) is 36.7. The molecule has 12 heteroatoms. The highest BCUT2D eigenvalue weighted by atomic mass is 16.6. The van der Waals surface area contributed by atoms with Crippen LogP contribution in [0.4, 0.5) is 0 Å². The Morgan fingerprint density at radius 2 is 0.850 bits per heavy atom. The van der Waals surface area contributed by atoms with Gasteiger partial charge in [0.15, 0.2) is 6.10 Å². The maximum atomic E-state index is 12.7. The smallest absolute Gasteiger partial charge is 0.326 e. The lowest BCUT2D eigenvalue weighted by molar-refractivity contribution is -0.167. The van der Waals surface area contributed by atoms with Crippen molar-refractivity contribution >= 4 is 35.8 Å². The fourth-order valence-corrected chi connectivity index (χ4v) is 6.56. The van der Waals surface area contributed by atoms with Crippen molar-refractivity contribution < 1.29 is 53.2 Å². The average Bonchev–Trinajstić information content (AvgIpc) is 3.22. The highest BCUT2D eigenvalue weighted by Crippen LogP contribution is 2.13. The quantitative estimate of drug-likeness (QED) is 0.0230. The van der Waals surface area contributed by atoms with Crippen LogP contribution in [0.1, 0.15) is 219 Å². The molecule has 0 spiro atoms.